The lowest BCUT2D eigenvalue weighted by molar-refractivity contribution is 0.646. The fraction of sp³-hybridized carbons (Fsp3) is 0.500. The molecule has 45 valence electrons. The molecule has 0 aliphatic carbocycles. The van der Waals surface area contributed by atoms with Crippen molar-refractivity contribution in [2.24, 2.45) is 5.92 Å². The number of rotatable bonds is 3. The topological polar surface area (TPSA) is 0 Å². The number of allylic oxidation sites excluding steroid dienone is 1. The molecule has 1 atom stereocenters. The van der Waals surface area contributed by atoms with Crippen molar-refractivity contribution in [1.29, 1.82) is 0 Å². The summed E-state index contributed by atoms with van der Waals surface area (Å²) in [6, 6.07) is 0. The van der Waals surface area contributed by atoms with Crippen LogP contribution in [0.25, 0.3) is 0 Å². The molecule has 0 fully saturated rings. The van der Waals surface area contributed by atoms with Gasteiger partial charge in [0.1, 0.15) is 0 Å². The van der Waals surface area contributed by atoms with Gasteiger partial charge in [-0.05, 0) is 26.7 Å². The second-order valence-electron chi connectivity index (χ2n) is 2.39. The van der Waals surface area contributed by atoms with Crippen LogP contribution >= 0.6 is 0 Å². The third kappa shape index (κ3) is 5.61. The minimum absolute atomic E-state index is 0.536. The lowest BCUT2D eigenvalue weighted by Gasteiger charge is -1.96. The van der Waals surface area contributed by atoms with Gasteiger partial charge in [0.15, 0.2) is 0 Å². The molecular formula is C8H14+. The molecule has 0 amide bonds. The molecule has 0 saturated heterocycles. The molecule has 0 saturated carbocycles. The second kappa shape index (κ2) is 3.59. The first kappa shape index (κ1) is 7.61. The molecule has 1 radical (unpaired) electrons. The Kier molecular flexibility index (Phi) is 3.42. The van der Waals surface area contributed by atoms with Crippen LogP contribution < -0.4 is 0 Å². The number of hydrogen-bond donors (Lipinski definition) is 0. The maximum Gasteiger partial charge on any atom is 0.0928 e. The van der Waals surface area contributed by atoms with Crippen molar-refractivity contribution in [3.63, 3.8) is 0 Å². The predicted molar refractivity (Wildman–Crippen MR) is 38.3 cm³/mol. The van der Waals surface area contributed by atoms with Crippen LogP contribution in [0.15, 0.2) is 12.2 Å². The van der Waals surface area contributed by atoms with E-state index in [4.69, 9.17) is 0 Å². The van der Waals surface area contributed by atoms with Gasteiger partial charge in [-0.1, -0.05) is 12.2 Å². The molecule has 0 heteroatoms. The van der Waals surface area contributed by atoms with Crippen LogP contribution in [-0.4, -0.2) is 0 Å². The summed E-state index contributed by atoms with van der Waals surface area (Å²) >= 11 is 0. The predicted octanol–water partition coefficient (Wildman–Crippen LogP) is 2.63. The van der Waals surface area contributed by atoms with Crippen molar-refractivity contribution in [3.05, 3.63) is 26.0 Å². The van der Waals surface area contributed by atoms with E-state index in [0.717, 1.165) is 18.4 Å². The Morgan fingerprint density at radius 1 is 1.75 bits per heavy atom. The van der Waals surface area contributed by atoms with Gasteiger partial charge in [0.05, 0.1) is 12.8 Å². The van der Waals surface area contributed by atoms with Gasteiger partial charge in [-0.25, -0.2) is 0 Å². The molecule has 0 heterocycles. The zero-order valence-electron chi connectivity index (χ0n) is 5.61. The maximum absolute atomic E-state index is 3.84. The first-order valence-electron chi connectivity index (χ1n) is 2.95. The van der Waals surface area contributed by atoms with Gasteiger partial charge >= 0.3 is 0 Å². The number of hydrogen-bond acceptors (Lipinski definition) is 0. The van der Waals surface area contributed by atoms with E-state index in [1.54, 1.807) is 0 Å². The third-order valence-corrected chi connectivity index (χ3v) is 0.991. The molecule has 0 nitrogen and oxygen atoms in total. The minimum Gasteiger partial charge on any atom is -0.0998 e. The largest absolute Gasteiger partial charge is 0.0998 e. The van der Waals surface area contributed by atoms with E-state index in [0.29, 0.717) is 5.92 Å². The monoisotopic (exact) mass is 110 g/mol. The summed E-state index contributed by atoms with van der Waals surface area (Å²) in [6.45, 7) is 13.3. The van der Waals surface area contributed by atoms with Crippen molar-refractivity contribution in [2.45, 2.75) is 19.8 Å². The van der Waals surface area contributed by atoms with Gasteiger partial charge in [0.2, 0.25) is 0 Å². The Morgan fingerprint density at radius 3 is 2.38 bits per heavy atom. The first-order chi connectivity index (χ1) is 3.63. The summed E-state index contributed by atoms with van der Waals surface area (Å²) in [5.41, 5.74) is 1.01. The van der Waals surface area contributed by atoms with E-state index in [2.05, 4.69) is 27.4 Å². The standard InChI is InChI=1S/C8H14/c1-7(2)5-6-8(3)4/h8H,1-3,5-6H2,4H3/q+1. The molecule has 0 aliphatic heterocycles. The van der Waals surface area contributed by atoms with Gasteiger partial charge in [-0.2, -0.15) is 0 Å². The molecule has 0 aromatic rings. The highest BCUT2D eigenvalue weighted by Gasteiger charge is 1.98. The summed E-state index contributed by atoms with van der Waals surface area (Å²) in [4.78, 5) is 0. The van der Waals surface area contributed by atoms with Crippen molar-refractivity contribution >= 4 is 0 Å². The molecule has 0 N–H and O–H groups in total. The molecular weight excluding hydrogens is 96.1 g/mol. The molecule has 0 aliphatic rings. The summed E-state index contributed by atoms with van der Waals surface area (Å²) in [7, 11) is 0. The summed E-state index contributed by atoms with van der Waals surface area (Å²) in [6.07, 6.45) is 2.13. The van der Waals surface area contributed by atoms with Gasteiger partial charge in [-0.15, -0.1) is 0 Å². The molecule has 1 unspecified atom stereocenters. The van der Waals surface area contributed by atoms with Crippen LogP contribution in [0.5, 0.6) is 0 Å². The zero-order valence-corrected chi connectivity index (χ0v) is 5.61. The van der Waals surface area contributed by atoms with E-state index in [1.165, 1.54) is 0 Å². The van der Waals surface area contributed by atoms with Gasteiger partial charge < -0.3 is 0 Å². The SMILES string of the molecule is [CH2]C(=C)CCC([CH2+])C. The minimum atomic E-state index is 0.536. The van der Waals surface area contributed by atoms with Crippen LogP contribution in [0.1, 0.15) is 19.8 Å². The highest BCUT2D eigenvalue weighted by Crippen LogP contribution is 2.07. The second-order valence-corrected chi connectivity index (χ2v) is 2.39. The van der Waals surface area contributed by atoms with E-state index >= 15 is 0 Å². The average Bonchev–Trinajstić information content (AvgIpc) is 1.61. The first-order valence-corrected chi connectivity index (χ1v) is 2.95. The van der Waals surface area contributed by atoms with Crippen LogP contribution in [-0.2, 0) is 0 Å². The van der Waals surface area contributed by atoms with Crippen molar-refractivity contribution in [2.75, 3.05) is 0 Å². The van der Waals surface area contributed by atoms with Crippen LogP contribution in [0.4, 0.5) is 0 Å². The Labute approximate surface area is 52.6 Å². The Balaban J connectivity index is 3.05. The lowest BCUT2D eigenvalue weighted by atomic mass is 10.1. The van der Waals surface area contributed by atoms with Crippen LogP contribution in [0.2, 0.25) is 0 Å². The average molecular weight is 110 g/mol. The fourth-order valence-electron chi connectivity index (χ4n) is 0.451. The maximum atomic E-state index is 3.84. The quantitative estimate of drug-likeness (QED) is 0.490. The van der Waals surface area contributed by atoms with Crippen LogP contribution in [0, 0.1) is 19.8 Å². The highest BCUT2D eigenvalue weighted by atomic mass is 14.0. The third-order valence-electron chi connectivity index (χ3n) is 0.991. The zero-order chi connectivity index (χ0) is 6.57. The van der Waals surface area contributed by atoms with E-state index in [1.807, 2.05) is 0 Å². The summed E-state index contributed by atoms with van der Waals surface area (Å²) in [5, 5.41) is 0. The normalized spacial score (nSPS) is 13.2. The molecule has 0 bridgehead atoms. The molecule has 8 heavy (non-hydrogen) atoms. The van der Waals surface area contributed by atoms with E-state index in [9.17, 15) is 0 Å². The van der Waals surface area contributed by atoms with Crippen molar-refractivity contribution < 1.29 is 0 Å². The van der Waals surface area contributed by atoms with Crippen molar-refractivity contribution in [3.8, 4) is 0 Å². The Hall–Kier alpha value is -0.390. The van der Waals surface area contributed by atoms with E-state index < -0.39 is 0 Å². The molecule has 0 aromatic heterocycles. The smallest absolute Gasteiger partial charge is 0.0928 e. The Bertz CT molecular complexity index is 70.1. The lowest BCUT2D eigenvalue weighted by Crippen LogP contribution is -1.86. The molecule has 0 rings (SSSR count). The molecule has 0 spiro atoms. The van der Waals surface area contributed by atoms with E-state index in [-0.39, 0.29) is 0 Å². The molecule has 0 aromatic carbocycles. The highest BCUT2D eigenvalue weighted by molar-refractivity contribution is 4.97. The Morgan fingerprint density at radius 2 is 2.25 bits per heavy atom. The van der Waals surface area contributed by atoms with Gasteiger partial charge in [0, 0.05) is 0 Å². The summed E-state index contributed by atoms with van der Waals surface area (Å²) in [5.74, 6) is 0.536. The van der Waals surface area contributed by atoms with Gasteiger partial charge in [0.25, 0.3) is 0 Å². The fourth-order valence-corrected chi connectivity index (χ4v) is 0.451. The van der Waals surface area contributed by atoms with Crippen molar-refractivity contribution in [1.82, 2.24) is 0 Å². The van der Waals surface area contributed by atoms with Gasteiger partial charge in [-0.3, -0.25) is 0 Å². The summed E-state index contributed by atoms with van der Waals surface area (Å²) < 4.78 is 0. The van der Waals surface area contributed by atoms with Crippen LogP contribution in [0.3, 0.4) is 0 Å².